The molecule has 0 aliphatic carbocycles. The van der Waals surface area contributed by atoms with Gasteiger partial charge in [0.1, 0.15) is 17.5 Å². The highest BCUT2D eigenvalue weighted by Crippen LogP contribution is 2.30. The fraction of sp³-hybridized carbons (Fsp3) is 0.240. The molecule has 0 atom stereocenters. The van der Waals surface area contributed by atoms with Gasteiger partial charge in [0.25, 0.3) is 0 Å². The van der Waals surface area contributed by atoms with E-state index in [4.69, 9.17) is 16.6 Å². The summed E-state index contributed by atoms with van der Waals surface area (Å²) in [4.78, 5) is 12.7. The number of benzene rings is 2. The number of hydrogen-bond donors (Lipinski definition) is 2. The molecule has 4 aromatic rings. The summed E-state index contributed by atoms with van der Waals surface area (Å²) in [5.74, 6) is 1.98. The number of aromatic amines is 1. The predicted octanol–water partition coefficient (Wildman–Crippen LogP) is 6.55. The van der Waals surface area contributed by atoms with Crippen LogP contribution in [0.4, 0.5) is 5.82 Å². The van der Waals surface area contributed by atoms with Crippen LogP contribution in [0.3, 0.4) is 0 Å². The third-order valence-corrected chi connectivity index (χ3v) is 6.55. The highest BCUT2D eigenvalue weighted by Gasteiger charge is 2.17. The third kappa shape index (κ3) is 5.07. The van der Waals surface area contributed by atoms with Crippen LogP contribution >= 0.6 is 23.4 Å². The second-order valence-electron chi connectivity index (χ2n) is 7.94. The lowest BCUT2D eigenvalue weighted by Gasteiger charge is -2.13. The number of nitrogens with zero attached hydrogens (tertiary/aromatic N) is 3. The maximum Gasteiger partial charge on any atom is 0.190 e. The highest BCUT2D eigenvalue weighted by molar-refractivity contribution is 7.99. The number of anilines is 1. The van der Waals surface area contributed by atoms with Crippen LogP contribution in [0.5, 0.6) is 0 Å². The van der Waals surface area contributed by atoms with Crippen molar-refractivity contribution < 1.29 is 0 Å². The Bertz CT molecular complexity index is 1260. The summed E-state index contributed by atoms with van der Waals surface area (Å²) < 4.78 is 0. The molecular formula is C25H24ClN5S. The molecule has 5 nitrogen and oxygen atoms in total. The van der Waals surface area contributed by atoms with Crippen molar-refractivity contribution in [2.75, 3.05) is 17.6 Å². The maximum absolute atomic E-state index is 9.94. The molecule has 162 valence electrons. The Morgan fingerprint density at radius 1 is 1.12 bits per heavy atom. The molecule has 0 amide bonds. The van der Waals surface area contributed by atoms with Crippen molar-refractivity contribution in [1.82, 2.24) is 15.0 Å². The smallest absolute Gasteiger partial charge is 0.190 e. The number of nitriles is 1. The van der Waals surface area contributed by atoms with Crippen molar-refractivity contribution in [3.8, 4) is 17.3 Å². The average Bonchev–Trinajstić information content (AvgIpc) is 3.21. The number of halogens is 1. The van der Waals surface area contributed by atoms with Crippen LogP contribution < -0.4 is 5.32 Å². The Hall–Kier alpha value is -3.01. The van der Waals surface area contributed by atoms with Gasteiger partial charge in [0, 0.05) is 40.0 Å². The molecule has 2 N–H and O–H groups in total. The standard InChI is InChI=1S/C25H24ClN5S/c1-16(2)15-32-25-30-23(17-7-9-19(26)10-8-17)21(13-27)24(31-25)28-12-11-18-14-29-22-6-4-3-5-20(18)22/h3-10,14,16,29H,11-12,15H2,1-2H3,(H,28,30,31). The lowest BCUT2D eigenvalue weighted by Crippen LogP contribution is -2.10. The van der Waals surface area contributed by atoms with Crippen LogP contribution in [0.15, 0.2) is 59.9 Å². The van der Waals surface area contributed by atoms with Gasteiger partial charge in [-0.2, -0.15) is 5.26 Å². The number of para-hydroxylation sites is 1. The minimum Gasteiger partial charge on any atom is -0.368 e. The fourth-order valence-electron chi connectivity index (χ4n) is 3.45. The van der Waals surface area contributed by atoms with E-state index in [9.17, 15) is 5.26 Å². The van der Waals surface area contributed by atoms with Gasteiger partial charge < -0.3 is 10.3 Å². The highest BCUT2D eigenvalue weighted by atomic mass is 35.5. The van der Waals surface area contributed by atoms with Crippen LogP contribution in [-0.2, 0) is 6.42 Å². The lowest BCUT2D eigenvalue weighted by molar-refractivity contribution is 0.748. The zero-order valence-corrected chi connectivity index (χ0v) is 19.6. The van der Waals surface area contributed by atoms with Crippen molar-refractivity contribution in [1.29, 1.82) is 5.26 Å². The van der Waals surface area contributed by atoms with E-state index in [1.807, 2.05) is 42.6 Å². The van der Waals surface area contributed by atoms with Gasteiger partial charge in [0.2, 0.25) is 0 Å². The topological polar surface area (TPSA) is 77.4 Å². The molecule has 2 aromatic carbocycles. The zero-order chi connectivity index (χ0) is 22.5. The molecule has 0 saturated carbocycles. The van der Waals surface area contributed by atoms with E-state index in [0.29, 0.717) is 39.7 Å². The summed E-state index contributed by atoms with van der Waals surface area (Å²) in [5.41, 5.74) is 4.27. The molecule has 0 unspecified atom stereocenters. The molecule has 32 heavy (non-hydrogen) atoms. The van der Waals surface area contributed by atoms with Crippen molar-refractivity contribution in [2.45, 2.75) is 25.4 Å². The quantitative estimate of drug-likeness (QED) is 0.229. The van der Waals surface area contributed by atoms with Crippen molar-refractivity contribution in [3.63, 3.8) is 0 Å². The summed E-state index contributed by atoms with van der Waals surface area (Å²) in [6, 6.07) is 18.0. The van der Waals surface area contributed by atoms with Gasteiger partial charge in [-0.25, -0.2) is 9.97 Å². The van der Waals surface area contributed by atoms with E-state index >= 15 is 0 Å². The maximum atomic E-state index is 9.94. The Morgan fingerprint density at radius 3 is 2.66 bits per heavy atom. The molecule has 0 aliphatic rings. The minimum atomic E-state index is 0.445. The van der Waals surface area contributed by atoms with Gasteiger partial charge >= 0.3 is 0 Å². The van der Waals surface area contributed by atoms with Crippen LogP contribution in [0.2, 0.25) is 5.02 Å². The Balaban J connectivity index is 1.63. The predicted molar refractivity (Wildman–Crippen MR) is 133 cm³/mol. The van der Waals surface area contributed by atoms with Gasteiger partial charge in [-0.15, -0.1) is 0 Å². The van der Waals surface area contributed by atoms with Crippen LogP contribution in [0.25, 0.3) is 22.2 Å². The van der Waals surface area contributed by atoms with Crippen molar-refractivity contribution in [2.24, 2.45) is 5.92 Å². The van der Waals surface area contributed by atoms with Crippen LogP contribution in [-0.4, -0.2) is 27.2 Å². The second-order valence-corrected chi connectivity index (χ2v) is 9.36. The first-order valence-corrected chi connectivity index (χ1v) is 11.9. The summed E-state index contributed by atoms with van der Waals surface area (Å²) >= 11 is 7.67. The first-order chi connectivity index (χ1) is 15.5. The number of nitrogens with one attached hydrogen (secondary N) is 2. The molecule has 0 radical (unpaired) electrons. The molecule has 2 aromatic heterocycles. The first kappa shape index (κ1) is 22.2. The third-order valence-electron chi connectivity index (χ3n) is 5.03. The van der Waals surface area contributed by atoms with E-state index in [-0.39, 0.29) is 0 Å². The molecule has 0 saturated heterocycles. The van der Waals surface area contributed by atoms with Gasteiger partial charge in [-0.3, -0.25) is 0 Å². The molecule has 0 aliphatic heterocycles. The Kier molecular flexibility index (Phi) is 6.99. The van der Waals surface area contributed by atoms with Gasteiger partial charge in [-0.1, -0.05) is 67.5 Å². The van der Waals surface area contributed by atoms with Gasteiger partial charge in [-0.05, 0) is 36.1 Å². The number of H-pyrrole nitrogens is 1. The minimum absolute atomic E-state index is 0.445. The summed E-state index contributed by atoms with van der Waals surface area (Å²) in [7, 11) is 0. The molecule has 2 heterocycles. The van der Waals surface area contributed by atoms with Crippen molar-refractivity contribution in [3.05, 3.63) is 70.9 Å². The van der Waals surface area contributed by atoms with Crippen molar-refractivity contribution >= 4 is 40.1 Å². The Morgan fingerprint density at radius 2 is 1.91 bits per heavy atom. The molecule has 0 spiro atoms. The molecular weight excluding hydrogens is 438 g/mol. The summed E-state index contributed by atoms with van der Waals surface area (Å²) in [6.07, 6.45) is 2.85. The summed E-state index contributed by atoms with van der Waals surface area (Å²) in [5, 5.41) is 15.9. The normalized spacial score (nSPS) is 11.1. The average molecular weight is 462 g/mol. The first-order valence-electron chi connectivity index (χ1n) is 10.5. The second kappa shape index (κ2) is 10.1. The molecule has 7 heteroatoms. The van der Waals surface area contributed by atoms with E-state index in [0.717, 1.165) is 23.3 Å². The lowest BCUT2D eigenvalue weighted by atomic mass is 10.1. The monoisotopic (exact) mass is 461 g/mol. The van der Waals surface area contributed by atoms with Crippen LogP contribution in [0.1, 0.15) is 25.0 Å². The van der Waals surface area contributed by atoms with E-state index in [2.05, 4.69) is 47.3 Å². The fourth-order valence-corrected chi connectivity index (χ4v) is 4.37. The number of fused-ring (bicyclic) bond motifs is 1. The van der Waals surface area contributed by atoms with E-state index in [1.54, 1.807) is 11.8 Å². The SMILES string of the molecule is CC(C)CSc1nc(NCCc2c[nH]c3ccccc23)c(C#N)c(-c2ccc(Cl)cc2)n1. The summed E-state index contributed by atoms with van der Waals surface area (Å²) in [6.45, 7) is 4.98. The number of thioether (sulfide) groups is 1. The molecule has 0 fully saturated rings. The number of aromatic nitrogens is 3. The van der Waals surface area contributed by atoms with Gasteiger partial charge in [0.05, 0.1) is 5.69 Å². The van der Waals surface area contributed by atoms with E-state index in [1.165, 1.54) is 10.9 Å². The van der Waals surface area contributed by atoms with Gasteiger partial charge in [0.15, 0.2) is 5.16 Å². The molecule has 4 rings (SSSR count). The Labute approximate surface area is 197 Å². The van der Waals surface area contributed by atoms with E-state index < -0.39 is 0 Å². The largest absolute Gasteiger partial charge is 0.368 e. The zero-order valence-electron chi connectivity index (χ0n) is 18.0. The van der Waals surface area contributed by atoms with Crippen LogP contribution in [0, 0.1) is 17.2 Å². The number of rotatable bonds is 8. The number of hydrogen-bond acceptors (Lipinski definition) is 5. The molecule has 0 bridgehead atoms.